The third-order valence-electron chi connectivity index (χ3n) is 15.8. The van der Waals surface area contributed by atoms with Crippen molar-refractivity contribution in [3.8, 4) is 0 Å². The number of hydrogen-bond donors (Lipinski definition) is 5. The number of piperidine rings is 1. The van der Waals surface area contributed by atoms with Crippen LogP contribution >= 0.6 is 0 Å². The average molecular weight is 858 g/mol. The van der Waals surface area contributed by atoms with Gasteiger partial charge in [0.15, 0.2) is 23.1 Å². The molecule has 2 bridgehead atoms. The number of rotatable bonds is 9. The third kappa shape index (κ3) is 8.37. The first-order valence-corrected chi connectivity index (χ1v) is 23.3. The Bertz CT molecular complexity index is 1740. The van der Waals surface area contributed by atoms with Crippen molar-refractivity contribution in [1.82, 2.24) is 5.32 Å². The Morgan fingerprint density at radius 3 is 2.46 bits per heavy atom. The number of hydrogen-bond acceptors (Lipinski definition) is 13. The van der Waals surface area contributed by atoms with Crippen molar-refractivity contribution in [3.05, 3.63) is 36.0 Å². The summed E-state index contributed by atoms with van der Waals surface area (Å²) >= 11 is 0. The smallest absolute Gasteiger partial charge is 0.306 e. The van der Waals surface area contributed by atoms with Gasteiger partial charge in [-0.3, -0.25) is 10.1 Å². The van der Waals surface area contributed by atoms with Gasteiger partial charge in [0.2, 0.25) is 0 Å². The summed E-state index contributed by atoms with van der Waals surface area (Å²) in [7, 11) is 0. The van der Waals surface area contributed by atoms with E-state index in [0.29, 0.717) is 62.7 Å². The molecule has 1 unspecified atom stereocenters. The van der Waals surface area contributed by atoms with Gasteiger partial charge in [0, 0.05) is 57.4 Å². The zero-order chi connectivity index (χ0) is 43.3. The highest BCUT2D eigenvalue weighted by atomic mass is 16.8. The molecule has 0 amide bonds. The second-order valence-corrected chi connectivity index (χ2v) is 21.1. The highest BCUT2D eigenvalue weighted by molar-refractivity contribution is 5.67. The summed E-state index contributed by atoms with van der Waals surface area (Å²) in [6.45, 7) is 18.5. The van der Waals surface area contributed by atoms with Gasteiger partial charge in [0.1, 0.15) is 17.9 Å². The van der Waals surface area contributed by atoms with Gasteiger partial charge in [-0.25, -0.2) is 0 Å². The number of fused-ring (bicyclic) bond motifs is 5. The van der Waals surface area contributed by atoms with Crippen LogP contribution in [0.15, 0.2) is 36.0 Å². The molecule has 61 heavy (non-hydrogen) atoms. The summed E-state index contributed by atoms with van der Waals surface area (Å²) in [5, 5.41) is 47.1. The molecule has 9 aliphatic rings. The number of nitrogens with one attached hydrogen (secondary N) is 1. The number of carboxylic acid groups (broad SMARTS) is 1. The predicted molar refractivity (Wildman–Crippen MR) is 220 cm³/mol. The topological polar surface area (TPSA) is 184 Å². The number of aliphatic hydroxyl groups is 3. The van der Waals surface area contributed by atoms with Crippen LogP contribution in [0, 0.1) is 29.6 Å². The van der Waals surface area contributed by atoms with Gasteiger partial charge in [-0.1, -0.05) is 58.9 Å². The molecule has 0 aromatic carbocycles. The maximum atomic E-state index is 12.2. The molecule has 342 valence electrons. The fourth-order valence-corrected chi connectivity index (χ4v) is 12.8. The lowest BCUT2D eigenvalue weighted by atomic mass is 9.79. The zero-order valence-electron chi connectivity index (χ0n) is 37.0. The second kappa shape index (κ2) is 16.3. The van der Waals surface area contributed by atoms with Crippen LogP contribution in [0.2, 0.25) is 0 Å². The lowest BCUT2D eigenvalue weighted by Gasteiger charge is -2.52. The summed E-state index contributed by atoms with van der Waals surface area (Å²) in [4.78, 5) is 11.0. The summed E-state index contributed by atoms with van der Waals surface area (Å²) in [6.07, 6.45) is 7.26. The molecule has 3 spiro atoms. The van der Waals surface area contributed by atoms with Crippen molar-refractivity contribution in [2.75, 3.05) is 6.54 Å². The molecule has 9 rings (SSSR count). The Morgan fingerprint density at radius 1 is 0.902 bits per heavy atom. The summed E-state index contributed by atoms with van der Waals surface area (Å²) in [5.74, 6) is -4.48. The van der Waals surface area contributed by atoms with Gasteiger partial charge in [-0.2, -0.15) is 0 Å². The zero-order valence-corrected chi connectivity index (χ0v) is 37.0. The molecular weight excluding hydrogens is 787 g/mol. The summed E-state index contributed by atoms with van der Waals surface area (Å²) in [6, 6.07) is 0. The standard InChI is InChI=1S/C47H71NO13/c1-25-15-33(9-8-32(49)18-39(50)51)55-43(20-25)12-13-47(61-43)31(7)17-34-35(58-47)19-37(54-34)42(52)46(53)11-10-28(4)40(60-46)29(5)22-44-21-26(2)16-36(56-44)41-38(57-44)23-45(59-41)30(6)14-27(3)24-48-45/h8-9,20,26-28,30-38,40-42,48-49,52-53H,5,10-19,21-24H2,1-4,6-7H3,(H,50,51)/b9-8+/t26-,27+,28+,30-,31+,32?,33-,34+,35+,36-,37-,38+,40+,41+,42+,43-,44-,45-,46-,47-/m1/s1. The summed E-state index contributed by atoms with van der Waals surface area (Å²) < 4.78 is 53.9. The minimum atomic E-state index is -1.86. The van der Waals surface area contributed by atoms with E-state index in [0.717, 1.165) is 43.4 Å². The molecule has 0 aromatic rings. The van der Waals surface area contributed by atoms with Gasteiger partial charge >= 0.3 is 5.97 Å². The van der Waals surface area contributed by atoms with Crippen molar-refractivity contribution >= 4 is 5.97 Å². The molecule has 5 N–H and O–H groups in total. The molecule has 9 aliphatic heterocycles. The van der Waals surface area contributed by atoms with Crippen molar-refractivity contribution in [1.29, 1.82) is 0 Å². The van der Waals surface area contributed by atoms with Crippen LogP contribution in [-0.4, -0.2) is 123 Å². The normalized spacial score (nSPS) is 51.7. The second-order valence-electron chi connectivity index (χ2n) is 21.1. The van der Waals surface area contributed by atoms with Crippen LogP contribution in [0.1, 0.15) is 125 Å². The molecule has 14 nitrogen and oxygen atoms in total. The number of aliphatic carboxylic acids is 1. The summed E-state index contributed by atoms with van der Waals surface area (Å²) in [5.41, 5.74) is 1.44. The van der Waals surface area contributed by atoms with Crippen molar-refractivity contribution < 1.29 is 63.1 Å². The van der Waals surface area contributed by atoms with E-state index in [1.165, 1.54) is 6.08 Å². The van der Waals surface area contributed by atoms with Crippen LogP contribution in [0.4, 0.5) is 0 Å². The maximum Gasteiger partial charge on any atom is 0.306 e. The minimum absolute atomic E-state index is 0.0458. The van der Waals surface area contributed by atoms with Crippen molar-refractivity contribution in [2.45, 2.75) is 215 Å². The Balaban J connectivity index is 0.838. The Kier molecular flexibility index (Phi) is 11.8. The number of carboxylic acids is 1. The van der Waals surface area contributed by atoms with Gasteiger partial charge in [0.05, 0.1) is 55.3 Å². The van der Waals surface area contributed by atoms with Gasteiger partial charge in [-0.15, -0.1) is 0 Å². The van der Waals surface area contributed by atoms with E-state index in [1.54, 1.807) is 6.08 Å². The molecule has 8 fully saturated rings. The van der Waals surface area contributed by atoms with Gasteiger partial charge in [-0.05, 0) is 74.3 Å². The Morgan fingerprint density at radius 2 is 1.69 bits per heavy atom. The molecule has 8 saturated heterocycles. The Hall–Kier alpha value is -1.79. The van der Waals surface area contributed by atoms with E-state index < -0.39 is 65.4 Å². The van der Waals surface area contributed by atoms with Crippen LogP contribution in [0.3, 0.4) is 0 Å². The minimum Gasteiger partial charge on any atom is -0.481 e. The van der Waals surface area contributed by atoms with Crippen LogP contribution in [-0.2, 0) is 42.7 Å². The van der Waals surface area contributed by atoms with Crippen LogP contribution in [0.25, 0.3) is 0 Å². The molecule has 9 heterocycles. The molecule has 0 aromatic heterocycles. The van der Waals surface area contributed by atoms with Gasteiger partial charge in [0.25, 0.3) is 0 Å². The monoisotopic (exact) mass is 857 g/mol. The first kappa shape index (κ1) is 44.4. The molecule has 20 atom stereocenters. The maximum absolute atomic E-state index is 12.2. The molecule has 0 aliphatic carbocycles. The molecular formula is C47H71NO13. The third-order valence-corrected chi connectivity index (χ3v) is 15.8. The van der Waals surface area contributed by atoms with E-state index in [1.807, 2.05) is 13.0 Å². The first-order valence-electron chi connectivity index (χ1n) is 23.3. The number of carbonyl (C=O) groups is 1. The van der Waals surface area contributed by atoms with Crippen LogP contribution < -0.4 is 5.32 Å². The number of aliphatic hydroxyl groups excluding tert-OH is 2. The van der Waals surface area contributed by atoms with E-state index in [-0.39, 0.29) is 55.2 Å². The Labute approximate surface area is 360 Å². The van der Waals surface area contributed by atoms with Crippen molar-refractivity contribution in [3.63, 3.8) is 0 Å². The lowest BCUT2D eigenvalue weighted by molar-refractivity contribution is -0.366. The predicted octanol–water partition coefficient (Wildman–Crippen LogP) is 5.37. The number of ether oxygens (including phenoxy) is 8. The first-order chi connectivity index (χ1) is 28.8. The quantitative estimate of drug-likeness (QED) is 0.187. The van der Waals surface area contributed by atoms with E-state index in [9.17, 15) is 20.1 Å². The molecule has 0 saturated carbocycles. The average Bonchev–Trinajstić information content (AvgIpc) is 3.86. The largest absolute Gasteiger partial charge is 0.481 e. The van der Waals surface area contributed by atoms with Gasteiger partial charge < -0.3 is 58.3 Å². The molecule has 0 radical (unpaired) electrons. The fraction of sp³-hybridized carbons (Fsp3) is 0.851. The van der Waals surface area contributed by atoms with Crippen molar-refractivity contribution in [2.24, 2.45) is 29.6 Å². The lowest BCUT2D eigenvalue weighted by Crippen LogP contribution is -2.60. The SMILES string of the molecule is C=C(C[C@]12C[C@H](C)C[C@@H](O1)[C@@H]1O[C@@]3(C[C@@H]1O2)NC[C@@H](C)C[C@H]3C)[C@H]1O[C@@](O)([C@@H](O)[C@H]2C[C@@H]3O[C@@]4(CC[C@]5(C=C(C)C[C@@H](/C=C/C(O)CC(=O)O)O5)O4)[C@@H](C)C[C@@H]3O2)CC[C@@H]1C. The molecule has 14 heteroatoms. The highest BCUT2D eigenvalue weighted by Gasteiger charge is 2.64. The van der Waals surface area contributed by atoms with Crippen LogP contribution in [0.5, 0.6) is 0 Å². The van der Waals surface area contributed by atoms with E-state index in [4.69, 9.17) is 43.0 Å². The fourth-order valence-electron chi connectivity index (χ4n) is 12.8. The van der Waals surface area contributed by atoms with E-state index in [2.05, 4.69) is 46.5 Å². The highest BCUT2D eigenvalue weighted by Crippen LogP contribution is 2.55. The van der Waals surface area contributed by atoms with E-state index >= 15 is 0 Å².